The Morgan fingerprint density at radius 1 is 1.29 bits per heavy atom. The van der Waals surface area contributed by atoms with Crippen molar-refractivity contribution >= 4 is 0 Å². The maximum atomic E-state index is 13.4. The molecule has 2 N–H and O–H groups in total. The van der Waals surface area contributed by atoms with Crippen LogP contribution in [0, 0.1) is 17.6 Å². The molecule has 1 aromatic rings. The number of fused-ring (bicyclic) bond motifs is 3. The standard InChI is InChI=1S/C10H9F2NO/c11-5-1-2-6(12)10-8(5)7-4(3-14-10)9(7)13/h1-2,4,7,9H,3,13H2/t4-,7-,9-/m1/s1. The van der Waals surface area contributed by atoms with E-state index in [2.05, 4.69) is 0 Å². The van der Waals surface area contributed by atoms with Crippen molar-refractivity contribution in [1.82, 2.24) is 0 Å². The summed E-state index contributed by atoms with van der Waals surface area (Å²) in [5.41, 5.74) is 6.06. The molecule has 0 bridgehead atoms. The Morgan fingerprint density at radius 3 is 2.79 bits per heavy atom. The average molecular weight is 197 g/mol. The molecule has 1 aliphatic carbocycles. The predicted molar refractivity (Wildman–Crippen MR) is 46.1 cm³/mol. The molecule has 1 aliphatic heterocycles. The van der Waals surface area contributed by atoms with Crippen molar-refractivity contribution in [2.75, 3.05) is 6.61 Å². The van der Waals surface area contributed by atoms with Gasteiger partial charge in [0.2, 0.25) is 0 Å². The molecule has 0 spiro atoms. The van der Waals surface area contributed by atoms with Gasteiger partial charge in [0.1, 0.15) is 5.82 Å². The number of nitrogens with two attached hydrogens (primary N) is 1. The van der Waals surface area contributed by atoms with E-state index in [1.165, 1.54) is 0 Å². The van der Waals surface area contributed by atoms with Crippen LogP contribution in [-0.2, 0) is 0 Å². The van der Waals surface area contributed by atoms with E-state index >= 15 is 0 Å². The third-order valence-electron chi connectivity index (χ3n) is 3.08. The zero-order valence-corrected chi connectivity index (χ0v) is 7.34. The highest BCUT2D eigenvalue weighted by molar-refractivity contribution is 5.46. The van der Waals surface area contributed by atoms with E-state index in [4.69, 9.17) is 10.5 Å². The Balaban J connectivity index is 2.19. The lowest BCUT2D eigenvalue weighted by Crippen LogP contribution is -2.11. The van der Waals surface area contributed by atoms with Crippen molar-refractivity contribution < 1.29 is 13.5 Å². The summed E-state index contributed by atoms with van der Waals surface area (Å²) >= 11 is 0. The Morgan fingerprint density at radius 2 is 2.00 bits per heavy atom. The van der Waals surface area contributed by atoms with Gasteiger partial charge in [-0.2, -0.15) is 0 Å². The molecular formula is C10H9F2NO. The lowest BCUT2D eigenvalue weighted by Gasteiger charge is -2.16. The van der Waals surface area contributed by atoms with E-state index < -0.39 is 11.6 Å². The molecule has 2 aliphatic rings. The van der Waals surface area contributed by atoms with Gasteiger partial charge >= 0.3 is 0 Å². The monoisotopic (exact) mass is 197 g/mol. The lowest BCUT2D eigenvalue weighted by atomic mass is 10.0. The van der Waals surface area contributed by atoms with E-state index in [-0.39, 0.29) is 23.6 Å². The van der Waals surface area contributed by atoms with Crippen LogP contribution >= 0.6 is 0 Å². The highest BCUT2D eigenvalue weighted by atomic mass is 19.1. The van der Waals surface area contributed by atoms with Crippen LogP contribution in [-0.4, -0.2) is 12.6 Å². The molecule has 3 atom stereocenters. The first-order valence-electron chi connectivity index (χ1n) is 4.56. The highest BCUT2D eigenvalue weighted by Gasteiger charge is 2.54. The van der Waals surface area contributed by atoms with E-state index in [1.807, 2.05) is 0 Å². The van der Waals surface area contributed by atoms with Crippen LogP contribution in [0.5, 0.6) is 5.75 Å². The van der Waals surface area contributed by atoms with Crippen LogP contribution in [0.15, 0.2) is 12.1 Å². The van der Waals surface area contributed by atoms with Crippen molar-refractivity contribution in [1.29, 1.82) is 0 Å². The summed E-state index contributed by atoms with van der Waals surface area (Å²) in [6, 6.07) is 2.14. The number of hydrogen-bond donors (Lipinski definition) is 1. The molecule has 4 heteroatoms. The Bertz CT molecular complexity index is 407. The minimum Gasteiger partial charge on any atom is -0.490 e. The molecule has 1 fully saturated rings. The summed E-state index contributed by atoms with van der Waals surface area (Å²) in [6.45, 7) is 0.402. The van der Waals surface area contributed by atoms with E-state index in [1.54, 1.807) is 0 Å². The second-order valence-electron chi connectivity index (χ2n) is 3.85. The van der Waals surface area contributed by atoms with Crippen LogP contribution in [0.3, 0.4) is 0 Å². The topological polar surface area (TPSA) is 35.2 Å². The van der Waals surface area contributed by atoms with Gasteiger partial charge < -0.3 is 10.5 Å². The van der Waals surface area contributed by atoms with Gasteiger partial charge in [-0.25, -0.2) is 8.78 Å². The SMILES string of the molecule is N[C@@H]1[C@@H]2COc3c(F)ccc(F)c3[C@H]12. The molecule has 0 aromatic heterocycles. The predicted octanol–water partition coefficient (Wildman–Crippen LogP) is 1.40. The third-order valence-corrected chi connectivity index (χ3v) is 3.08. The van der Waals surface area contributed by atoms with Crippen molar-refractivity contribution in [3.8, 4) is 5.75 Å². The second kappa shape index (κ2) is 2.45. The van der Waals surface area contributed by atoms with Gasteiger partial charge in [-0.3, -0.25) is 0 Å². The normalized spacial score (nSPS) is 32.9. The zero-order chi connectivity index (χ0) is 9.87. The Labute approximate surface area is 79.7 Å². The van der Waals surface area contributed by atoms with Gasteiger partial charge in [-0.05, 0) is 12.1 Å². The van der Waals surface area contributed by atoms with Crippen LogP contribution in [0.2, 0.25) is 0 Å². The molecule has 1 heterocycles. The van der Waals surface area contributed by atoms with Crippen LogP contribution in [0.1, 0.15) is 11.5 Å². The van der Waals surface area contributed by atoms with Crippen LogP contribution in [0.4, 0.5) is 8.78 Å². The summed E-state index contributed by atoms with van der Waals surface area (Å²) in [5.74, 6) is -0.740. The minimum absolute atomic E-state index is 0.0468. The summed E-state index contributed by atoms with van der Waals surface area (Å²) in [4.78, 5) is 0. The molecule has 14 heavy (non-hydrogen) atoms. The zero-order valence-electron chi connectivity index (χ0n) is 7.34. The largest absolute Gasteiger partial charge is 0.490 e. The number of benzene rings is 1. The highest BCUT2D eigenvalue weighted by Crippen LogP contribution is 2.54. The molecular weight excluding hydrogens is 188 g/mol. The molecule has 0 radical (unpaired) electrons. The minimum atomic E-state index is -0.501. The van der Waals surface area contributed by atoms with E-state index in [0.717, 1.165) is 12.1 Å². The smallest absolute Gasteiger partial charge is 0.165 e. The van der Waals surface area contributed by atoms with Gasteiger partial charge in [0.15, 0.2) is 11.6 Å². The third kappa shape index (κ3) is 0.865. The summed E-state index contributed by atoms with van der Waals surface area (Å²) in [7, 11) is 0. The molecule has 2 nitrogen and oxygen atoms in total. The molecule has 0 saturated heterocycles. The number of rotatable bonds is 0. The van der Waals surface area contributed by atoms with Crippen LogP contribution in [0.25, 0.3) is 0 Å². The first-order chi connectivity index (χ1) is 6.70. The summed E-state index contributed by atoms with van der Waals surface area (Å²) < 4.78 is 31.8. The van der Waals surface area contributed by atoms with Crippen molar-refractivity contribution in [3.05, 3.63) is 29.3 Å². The first kappa shape index (κ1) is 8.17. The van der Waals surface area contributed by atoms with Gasteiger partial charge in [0.25, 0.3) is 0 Å². The van der Waals surface area contributed by atoms with Crippen molar-refractivity contribution in [2.24, 2.45) is 11.7 Å². The summed E-state index contributed by atoms with van der Waals surface area (Å²) in [5, 5.41) is 0. The fraction of sp³-hybridized carbons (Fsp3) is 0.400. The second-order valence-corrected chi connectivity index (χ2v) is 3.85. The first-order valence-corrected chi connectivity index (χ1v) is 4.56. The van der Waals surface area contributed by atoms with Crippen molar-refractivity contribution in [3.63, 3.8) is 0 Å². The number of hydrogen-bond acceptors (Lipinski definition) is 2. The van der Waals surface area contributed by atoms with Gasteiger partial charge in [-0.1, -0.05) is 0 Å². The molecule has 74 valence electrons. The van der Waals surface area contributed by atoms with Crippen LogP contribution < -0.4 is 10.5 Å². The maximum Gasteiger partial charge on any atom is 0.165 e. The number of halogens is 2. The van der Waals surface area contributed by atoms with Gasteiger partial charge in [0.05, 0.1) is 6.61 Å². The fourth-order valence-corrected chi connectivity index (χ4v) is 2.21. The molecule has 1 saturated carbocycles. The fourth-order valence-electron chi connectivity index (χ4n) is 2.21. The Hall–Kier alpha value is -1.16. The van der Waals surface area contributed by atoms with Crippen molar-refractivity contribution in [2.45, 2.75) is 12.0 Å². The quantitative estimate of drug-likeness (QED) is 0.682. The van der Waals surface area contributed by atoms with Gasteiger partial charge in [-0.15, -0.1) is 0 Å². The summed E-state index contributed by atoms with van der Waals surface area (Å²) in [6.07, 6.45) is 0. The lowest BCUT2D eigenvalue weighted by molar-refractivity contribution is 0.260. The molecule has 3 rings (SSSR count). The molecule has 0 amide bonds. The van der Waals surface area contributed by atoms with E-state index in [9.17, 15) is 8.78 Å². The van der Waals surface area contributed by atoms with E-state index in [0.29, 0.717) is 12.2 Å². The Kier molecular flexibility index (Phi) is 1.43. The molecule has 1 aromatic carbocycles. The number of ether oxygens (including phenoxy) is 1. The molecule has 0 unspecified atom stereocenters. The van der Waals surface area contributed by atoms with Gasteiger partial charge in [0, 0.05) is 23.4 Å². The average Bonchev–Trinajstić information content (AvgIpc) is 2.84. The maximum absolute atomic E-state index is 13.4.